The molecule has 6 aromatic rings. The second kappa shape index (κ2) is 12.6. The number of nitrogens with zero attached hydrogens (tertiary/aromatic N) is 2. The van der Waals surface area contributed by atoms with E-state index in [0.29, 0.717) is 0 Å². The molecule has 0 radical (unpaired) electrons. The molecule has 0 fully saturated rings. The molecule has 0 saturated heterocycles. The number of fused-ring (bicyclic) bond motifs is 3. The minimum absolute atomic E-state index is 0.906. The van der Waals surface area contributed by atoms with Gasteiger partial charge in [0.05, 0.1) is 11.4 Å². The Morgan fingerprint density at radius 3 is 1.50 bits per heavy atom. The van der Waals surface area contributed by atoms with Crippen LogP contribution in [0.3, 0.4) is 0 Å². The van der Waals surface area contributed by atoms with Gasteiger partial charge in [0.25, 0.3) is 0 Å². The number of anilines is 5. The van der Waals surface area contributed by atoms with E-state index in [1.165, 1.54) is 0 Å². The molecule has 0 amide bonds. The van der Waals surface area contributed by atoms with Crippen LogP contribution in [0.2, 0.25) is 0 Å². The third kappa shape index (κ3) is 5.04. The van der Waals surface area contributed by atoms with E-state index in [9.17, 15) is 0 Å². The molecule has 0 aromatic heterocycles. The minimum Gasteiger partial charge on any atom is -0.310 e. The maximum absolute atomic E-state index is 4.30. The highest BCUT2D eigenvalue weighted by atomic mass is 15.2. The molecule has 6 rings (SSSR count). The lowest BCUT2D eigenvalue weighted by Crippen LogP contribution is -2.17. The van der Waals surface area contributed by atoms with Gasteiger partial charge in [0.15, 0.2) is 0 Å². The summed E-state index contributed by atoms with van der Waals surface area (Å²) in [6.45, 7) is 16.7. The Labute approximate surface area is 260 Å². The first kappa shape index (κ1) is 28.3. The fourth-order valence-corrected chi connectivity index (χ4v) is 6.00. The fraction of sp³-hybridized carbons (Fsp3) is 0. The van der Waals surface area contributed by atoms with Crippen molar-refractivity contribution in [3.05, 3.63) is 189 Å². The van der Waals surface area contributed by atoms with Crippen molar-refractivity contribution in [3.8, 4) is 0 Å². The first-order chi connectivity index (χ1) is 21.7. The molecule has 0 aliphatic rings. The van der Waals surface area contributed by atoms with Crippen molar-refractivity contribution in [2.24, 2.45) is 0 Å². The van der Waals surface area contributed by atoms with Gasteiger partial charge in [-0.15, -0.1) is 0 Å². The summed E-state index contributed by atoms with van der Waals surface area (Å²) in [7, 11) is 0. The average Bonchev–Trinajstić information content (AvgIpc) is 3.09. The van der Waals surface area contributed by atoms with Gasteiger partial charge in [0.1, 0.15) is 0 Å². The highest BCUT2D eigenvalue weighted by Crippen LogP contribution is 2.46. The SMILES string of the molecule is C=C/C=C(\C=C)N(c1ccccc1)c1cc2c(cc(N(c3ccccc3)c3ccccc3)c3ccccc32)c(C=C)c1C=C. The second-order valence-corrected chi connectivity index (χ2v) is 10.4. The van der Waals surface area contributed by atoms with Crippen LogP contribution in [0.5, 0.6) is 0 Å². The van der Waals surface area contributed by atoms with Crippen molar-refractivity contribution < 1.29 is 0 Å². The molecule has 212 valence electrons. The number of allylic oxidation sites excluding steroid dienone is 3. The van der Waals surface area contributed by atoms with Gasteiger partial charge in [-0.05, 0) is 82.4 Å². The Hall–Kier alpha value is -5.86. The van der Waals surface area contributed by atoms with Gasteiger partial charge in [0.2, 0.25) is 0 Å². The summed E-state index contributed by atoms with van der Waals surface area (Å²) in [6.07, 6.45) is 9.50. The summed E-state index contributed by atoms with van der Waals surface area (Å²) >= 11 is 0. The van der Waals surface area contributed by atoms with Gasteiger partial charge in [0, 0.05) is 33.7 Å². The van der Waals surface area contributed by atoms with Crippen LogP contribution < -0.4 is 9.80 Å². The van der Waals surface area contributed by atoms with Crippen LogP contribution in [-0.2, 0) is 0 Å². The zero-order valence-electron chi connectivity index (χ0n) is 24.7. The minimum atomic E-state index is 0.906. The van der Waals surface area contributed by atoms with Crippen molar-refractivity contribution in [2.75, 3.05) is 9.80 Å². The molecule has 2 nitrogen and oxygen atoms in total. The van der Waals surface area contributed by atoms with E-state index in [-0.39, 0.29) is 0 Å². The van der Waals surface area contributed by atoms with Crippen molar-refractivity contribution in [2.45, 2.75) is 0 Å². The van der Waals surface area contributed by atoms with E-state index < -0.39 is 0 Å². The maximum Gasteiger partial charge on any atom is 0.0546 e. The smallest absolute Gasteiger partial charge is 0.0546 e. The first-order valence-corrected chi connectivity index (χ1v) is 14.7. The van der Waals surface area contributed by atoms with E-state index in [1.54, 1.807) is 6.08 Å². The third-order valence-electron chi connectivity index (χ3n) is 7.89. The van der Waals surface area contributed by atoms with Gasteiger partial charge >= 0.3 is 0 Å². The molecular formula is C42H34N2. The van der Waals surface area contributed by atoms with Crippen LogP contribution in [0.4, 0.5) is 28.4 Å². The van der Waals surface area contributed by atoms with Crippen LogP contribution >= 0.6 is 0 Å². The summed E-state index contributed by atoms with van der Waals surface area (Å²) in [5.74, 6) is 0. The molecule has 0 unspecified atom stereocenters. The number of hydrogen-bond acceptors (Lipinski definition) is 2. The maximum atomic E-state index is 4.30. The number of benzene rings is 6. The van der Waals surface area contributed by atoms with E-state index in [0.717, 1.165) is 66.8 Å². The van der Waals surface area contributed by atoms with Gasteiger partial charge in [-0.3, -0.25) is 0 Å². The lowest BCUT2D eigenvalue weighted by Gasteiger charge is -2.31. The molecule has 0 N–H and O–H groups in total. The van der Waals surface area contributed by atoms with Crippen LogP contribution in [0.25, 0.3) is 33.7 Å². The quantitative estimate of drug-likeness (QED) is 0.120. The average molecular weight is 567 g/mol. The third-order valence-corrected chi connectivity index (χ3v) is 7.89. The van der Waals surface area contributed by atoms with Gasteiger partial charge in [-0.2, -0.15) is 0 Å². The van der Waals surface area contributed by atoms with Crippen LogP contribution in [0.1, 0.15) is 11.1 Å². The molecule has 0 aliphatic carbocycles. The van der Waals surface area contributed by atoms with Crippen molar-refractivity contribution in [1.82, 2.24) is 0 Å². The largest absolute Gasteiger partial charge is 0.310 e. The van der Waals surface area contributed by atoms with E-state index in [4.69, 9.17) is 0 Å². The lowest BCUT2D eigenvalue weighted by atomic mass is 9.91. The Kier molecular flexibility index (Phi) is 8.07. The van der Waals surface area contributed by atoms with Crippen LogP contribution in [-0.4, -0.2) is 0 Å². The van der Waals surface area contributed by atoms with Crippen molar-refractivity contribution in [3.63, 3.8) is 0 Å². The predicted octanol–water partition coefficient (Wildman–Crippen LogP) is 12.1. The normalized spacial score (nSPS) is 11.2. The molecule has 6 aromatic carbocycles. The molecule has 0 bridgehead atoms. The Morgan fingerprint density at radius 2 is 0.977 bits per heavy atom. The molecule has 0 saturated carbocycles. The molecule has 0 aliphatic heterocycles. The summed E-state index contributed by atoms with van der Waals surface area (Å²) in [4.78, 5) is 4.54. The summed E-state index contributed by atoms with van der Waals surface area (Å²) in [6, 6.07) is 44.6. The zero-order valence-corrected chi connectivity index (χ0v) is 24.7. The topological polar surface area (TPSA) is 6.48 Å². The van der Waals surface area contributed by atoms with Crippen molar-refractivity contribution in [1.29, 1.82) is 0 Å². The number of hydrogen-bond donors (Lipinski definition) is 0. The summed E-state index contributed by atoms with van der Waals surface area (Å²) in [5, 5.41) is 4.53. The second-order valence-electron chi connectivity index (χ2n) is 10.4. The fourth-order valence-electron chi connectivity index (χ4n) is 6.00. The molecule has 0 spiro atoms. The lowest BCUT2D eigenvalue weighted by molar-refractivity contribution is 1.21. The standard InChI is InChI=1S/C42H34N2/c1-5-20-31(6-2)43(32-21-12-9-13-22-32)41-30-40-37-27-18-19-28-38(37)42(29-39(40)35(7-3)36(41)8-4)44(33-23-14-10-15-24-33)34-25-16-11-17-26-34/h5-30H,1-4H2/b31-20+. The van der Waals surface area contributed by atoms with E-state index in [1.807, 2.05) is 42.5 Å². The van der Waals surface area contributed by atoms with E-state index >= 15 is 0 Å². The Morgan fingerprint density at radius 1 is 0.477 bits per heavy atom. The number of rotatable bonds is 10. The van der Waals surface area contributed by atoms with Gasteiger partial charge in [-0.25, -0.2) is 0 Å². The molecule has 0 heterocycles. The monoisotopic (exact) mass is 566 g/mol. The zero-order chi connectivity index (χ0) is 30.5. The molecule has 0 atom stereocenters. The van der Waals surface area contributed by atoms with Crippen LogP contribution in [0.15, 0.2) is 178 Å². The summed E-state index contributed by atoms with van der Waals surface area (Å²) < 4.78 is 0. The van der Waals surface area contributed by atoms with Crippen LogP contribution in [0, 0.1) is 0 Å². The molecule has 2 heteroatoms. The first-order valence-electron chi connectivity index (χ1n) is 14.7. The van der Waals surface area contributed by atoms with E-state index in [2.05, 4.69) is 145 Å². The van der Waals surface area contributed by atoms with Gasteiger partial charge < -0.3 is 9.80 Å². The van der Waals surface area contributed by atoms with Gasteiger partial charge in [-0.1, -0.05) is 123 Å². The number of para-hydroxylation sites is 3. The predicted molar refractivity (Wildman–Crippen MR) is 193 cm³/mol. The highest BCUT2D eigenvalue weighted by molar-refractivity contribution is 6.18. The molecular weight excluding hydrogens is 532 g/mol. The molecule has 44 heavy (non-hydrogen) atoms. The highest BCUT2D eigenvalue weighted by Gasteiger charge is 2.22. The Bertz CT molecular complexity index is 1980. The van der Waals surface area contributed by atoms with Crippen molar-refractivity contribution >= 4 is 62.1 Å². The Balaban J connectivity index is 1.74. The summed E-state index contributed by atoms with van der Waals surface area (Å²) in [5.41, 5.74) is 8.18.